The molecule has 0 bridgehead atoms. The van der Waals surface area contributed by atoms with Crippen molar-refractivity contribution >= 4 is 291 Å². The van der Waals surface area contributed by atoms with Gasteiger partial charge in [-0.3, -0.25) is 9.59 Å². The Morgan fingerprint density at radius 2 is 1.00 bits per heavy atom. The normalized spacial score (nSPS) is 13.7. The first kappa shape index (κ1) is 85.3. The first-order chi connectivity index (χ1) is 41.1. The molecule has 0 aliphatic carbocycles. The van der Waals surface area contributed by atoms with Gasteiger partial charge in [-0.25, -0.2) is 24.1 Å². The molecule has 4 heterocycles. The number of aliphatic carboxylic acids is 2. The third-order valence-corrected chi connectivity index (χ3v) is 20.8. The van der Waals surface area contributed by atoms with Crippen LogP contribution in [0, 0.1) is 0 Å². The topological polar surface area (TPSA) is 204 Å². The zero-order valence-electron chi connectivity index (χ0n) is 52.0. The Hall–Kier alpha value is -0.799. The summed E-state index contributed by atoms with van der Waals surface area (Å²) in [4.78, 5) is 33.0. The first-order valence-corrected chi connectivity index (χ1v) is 34.4. The number of rotatable bonds is 6. The Kier molecular flexibility index (Phi) is 39.3. The zero-order chi connectivity index (χ0) is 64.3. The number of benzene rings is 7. The Morgan fingerprint density at radius 3 is 1.48 bits per heavy atom. The fraction of sp³-hybridized carbons (Fsp3) is 0.234. The SMILES string of the molecule is CC(=O)O.CC(=O)O.C[P@@](c1nc2ccccc2nc1[P@](C)C(C)(C)C)C(C)(C)C.Clc1ccc(Br)c(CC2=NC(c3ccccc3)Oc3cc(Cl)ccc32)c1.Clc1ccc2c(c1)O[C@@H](c1ccccc1)n1c-2cc2cc(Cl)ccc21.O=[PH]=O.[K].[K].[K].[O]=[Pd]=[O]. The van der Waals surface area contributed by atoms with Crippen LogP contribution in [0.15, 0.2) is 173 Å². The molecule has 0 saturated heterocycles. The monoisotopic (exact) mass is 1580 g/mol. The Balaban J connectivity index is 0.000000410. The van der Waals surface area contributed by atoms with Gasteiger partial charge in [0.1, 0.15) is 11.5 Å². The predicted molar refractivity (Wildman–Crippen MR) is 372 cm³/mol. The molecule has 7 aromatic carbocycles. The molecule has 1 unspecified atom stereocenters. The fourth-order valence-electron chi connectivity index (χ4n) is 8.50. The number of hydrogen-bond acceptors (Lipinski definition) is 11. The third-order valence-electron chi connectivity index (χ3n) is 13.0. The van der Waals surface area contributed by atoms with Gasteiger partial charge in [0.25, 0.3) is 11.9 Å². The maximum atomic E-state index is 9.00. The van der Waals surface area contributed by atoms with Gasteiger partial charge in [-0.1, -0.05) is 193 Å². The van der Waals surface area contributed by atoms with E-state index < -0.39 is 44.4 Å². The number of ether oxygens (including phenoxy) is 2. The molecule has 3 radical (unpaired) electrons. The average Bonchev–Trinajstić information content (AvgIpc) is 1.72. The molecule has 4 atom stereocenters. The van der Waals surface area contributed by atoms with Crippen LogP contribution in [0.5, 0.6) is 11.5 Å². The molecule has 90 heavy (non-hydrogen) atoms. The summed E-state index contributed by atoms with van der Waals surface area (Å²) < 4.78 is 49.4. The van der Waals surface area contributed by atoms with Crippen LogP contribution in [-0.2, 0) is 50.0 Å². The minimum atomic E-state index is -1.55. The van der Waals surface area contributed by atoms with Gasteiger partial charge in [0.15, 0.2) is 0 Å². The minimum absolute atomic E-state index is 0. The zero-order valence-corrected chi connectivity index (χ0v) is 70.3. The van der Waals surface area contributed by atoms with Crippen molar-refractivity contribution in [2.24, 2.45) is 4.99 Å². The number of carboxylic acids is 2. The summed E-state index contributed by atoms with van der Waals surface area (Å²) in [6.07, 6.45) is -0.00128. The molecular formula is C64H64BrCl4K3N4O10P3Pd. The van der Waals surface area contributed by atoms with Crippen LogP contribution in [0.25, 0.3) is 33.2 Å². The third kappa shape index (κ3) is 25.9. The molecule has 0 spiro atoms. The summed E-state index contributed by atoms with van der Waals surface area (Å²) in [6.45, 7) is 20.8. The summed E-state index contributed by atoms with van der Waals surface area (Å²) >= 11 is 26.8. The number of fused-ring (bicyclic) bond motifs is 7. The molecule has 2 aliphatic heterocycles. The Labute approximate surface area is 693 Å². The second-order valence-corrected chi connectivity index (χ2v) is 29.9. The van der Waals surface area contributed by atoms with Gasteiger partial charge in [-0.2, -0.15) is 0 Å². The van der Waals surface area contributed by atoms with Crippen molar-refractivity contribution in [3.8, 4) is 22.8 Å². The average molecular weight is 1590 g/mol. The van der Waals surface area contributed by atoms with Crippen molar-refractivity contribution in [1.82, 2.24) is 14.5 Å². The van der Waals surface area contributed by atoms with Crippen molar-refractivity contribution in [2.45, 2.75) is 84.6 Å². The first-order valence-electron chi connectivity index (χ1n) is 26.4. The molecule has 0 fully saturated rings. The molecule has 2 N–H and O–H groups in total. The van der Waals surface area contributed by atoms with Gasteiger partial charge in [-0.05, 0) is 120 Å². The Morgan fingerprint density at radius 1 is 0.600 bits per heavy atom. The quantitative estimate of drug-likeness (QED) is 0.118. The Bertz CT molecular complexity index is 3880. The van der Waals surface area contributed by atoms with E-state index in [1.165, 1.54) is 10.9 Å². The second kappa shape index (κ2) is 41.5. The van der Waals surface area contributed by atoms with Crippen molar-refractivity contribution in [1.29, 1.82) is 0 Å². The van der Waals surface area contributed by atoms with Gasteiger partial charge in [-0.15, -0.1) is 0 Å². The number of carboxylic acid groups (broad SMARTS) is 2. The van der Waals surface area contributed by atoms with Crippen LogP contribution in [-0.4, -0.2) is 220 Å². The van der Waals surface area contributed by atoms with E-state index in [2.05, 4.69) is 106 Å². The summed E-state index contributed by atoms with van der Waals surface area (Å²) in [6, 6.07) is 53.7. The van der Waals surface area contributed by atoms with E-state index in [4.69, 9.17) is 107 Å². The van der Waals surface area contributed by atoms with Crippen molar-refractivity contribution in [2.75, 3.05) is 13.3 Å². The second-order valence-electron chi connectivity index (χ2n) is 21.1. The molecule has 0 saturated carbocycles. The number of aromatic nitrogens is 3. The van der Waals surface area contributed by atoms with Crippen molar-refractivity contribution < 1.29 is 63.2 Å². The van der Waals surface area contributed by atoms with E-state index in [0.29, 0.717) is 21.5 Å². The van der Waals surface area contributed by atoms with Gasteiger partial charge in [0.05, 0.1) is 38.8 Å². The molecule has 0 amide bonds. The van der Waals surface area contributed by atoms with E-state index in [1.54, 1.807) is 0 Å². The predicted octanol–water partition coefficient (Wildman–Crippen LogP) is 17.3. The van der Waals surface area contributed by atoms with E-state index in [9.17, 15) is 0 Å². The van der Waals surface area contributed by atoms with Crippen molar-refractivity contribution in [3.05, 3.63) is 211 Å². The van der Waals surface area contributed by atoms with Gasteiger partial charge < -0.3 is 24.3 Å². The summed E-state index contributed by atoms with van der Waals surface area (Å²) in [5.74, 6) is -0.128. The summed E-state index contributed by atoms with van der Waals surface area (Å²) in [7, 11) is -2.11. The number of halogens is 5. The van der Waals surface area contributed by atoms with E-state index >= 15 is 0 Å². The van der Waals surface area contributed by atoms with Crippen LogP contribution < -0.4 is 20.3 Å². The van der Waals surface area contributed by atoms with Gasteiger partial charge in [0.2, 0.25) is 12.5 Å². The number of para-hydroxylation sites is 2. The molecule has 14 nitrogen and oxygen atoms in total. The molecule has 26 heteroatoms. The van der Waals surface area contributed by atoms with Crippen LogP contribution >= 0.6 is 86.5 Å². The molecule has 2 aromatic heterocycles. The van der Waals surface area contributed by atoms with E-state index in [0.717, 1.165) is 96.0 Å². The molecular weight excluding hydrogens is 1520 g/mol. The van der Waals surface area contributed by atoms with Gasteiger partial charge in [0, 0.05) is 227 Å². The number of carbonyl (C=O) groups is 2. The number of nitrogens with zero attached hydrogens (tertiary/aromatic N) is 4. The number of hydrogen-bond donors (Lipinski definition) is 2. The van der Waals surface area contributed by atoms with Crippen LogP contribution in [0.2, 0.25) is 20.1 Å². The molecule has 9 aromatic rings. The molecule has 2 aliphatic rings. The fourth-order valence-corrected chi connectivity index (χ4v) is 13.0. The van der Waals surface area contributed by atoms with Gasteiger partial charge >= 0.3 is 33.2 Å². The maximum absolute atomic E-state index is 9.00. The van der Waals surface area contributed by atoms with Crippen molar-refractivity contribution in [3.63, 3.8) is 0 Å². The van der Waals surface area contributed by atoms with E-state index in [-0.39, 0.29) is 187 Å². The molecule has 463 valence electrons. The van der Waals surface area contributed by atoms with Crippen LogP contribution in [0.1, 0.15) is 90.1 Å². The standard InChI is InChI=1S/C21H14BrCl2NO.C21H13Cl2NO.C18H28N2P2.2C2H4O2.3K.HO2P.2O.Pd/c22-18-9-7-15(23)10-14(18)11-19-17-8-6-16(24)12-20(17)26-21(25-19)13-4-2-1-3-5-13;22-15-7-9-18-14(10-15)11-19-17-8-6-16(23)12-20(17)25-21(24(18)19)13-4-2-1-3-5-13;1-17(2,3)21(7)15-16(22(8)18(4,5)6)20-14-12-10-9-11-13(14)19-15;2*1-2(3)4;;;;1-3-2;;;/h1-10,12,21H,11H2;1-12,21H;9-12H,1-8H3;2*1H3,(H,3,4);;;;3H;;;/t;21-;21-,22-;;;;;;;;;/m.00........./s1. The van der Waals surface area contributed by atoms with Crippen LogP contribution in [0.3, 0.4) is 0 Å². The molecule has 11 rings (SSSR count). The number of aliphatic imine (C=N–C) groups is 1. The summed E-state index contributed by atoms with van der Waals surface area (Å²) in [5, 5.41) is 19.1. The van der Waals surface area contributed by atoms with Crippen LogP contribution in [0.4, 0.5) is 0 Å². The van der Waals surface area contributed by atoms with E-state index in [1.807, 2.05) is 133 Å². The summed E-state index contributed by atoms with van der Waals surface area (Å²) in [5.41, 5.74) is 12.8.